The summed E-state index contributed by atoms with van der Waals surface area (Å²) in [6, 6.07) is 6.63. The van der Waals surface area contributed by atoms with Gasteiger partial charge in [0.2, 0.25) is 0 Å². The summed E-state index contributed by atoms with van der Waals surface area (Å²) >= 11 is 0. The number of nitro benzene ring substituents is 1. The van der Waals surface area contributed by atoms with Crippen LogP contribution in [-0.4, -0.2) is 9.91 Å². The third-order valence-corrected chi connectivity index (χ3v) is 2.45. The fourth-order valence-electron chi connectivity index (χ4n) is 1.48. The van der Waals surface area contributed by atoms with Crippen molar-refractivity contribution in [2.24, 2.45) is 0 Å². The standard InChI is InChI=1S/C11H10N2O2/c1-7-5-9-6-10(13(14)15)3-4-11(9)12-8(7)2/h3-6H,1-2H3. The first-order valence-corrected chi connectivity index (χ1v) is 4.60. The number of benzene rings is 1. The van der Waals surface area contributed by atoms with Gasteiger partial charge in [-0.05, 0) is 31.5 Å². The van der Waals surface area contributed by atoms with Gasteiger partial charge in [-0.3, -0.25) is 15.1 Å². The third kappa shape index (κ3) is 1.66. The van der Waals surface area contributed by atoms with E-state index in [2.05, 4.69) is 4.98 Å². The molecule has 0 aliphatic carbocycles. The predicted molar refractivity (Wildman–Crippen MR) is 57.9 cm³/mol. The summed E-state index contributed by atoms with van der Waals surface area (Å²) < 4.78 is 0. The highest BCUT2D eigenvalue weighted by Gasteiger charge is 2.07. The van der Waals surface area contributed by atoms with Crippen LogP contribution in [0.15, 0.2) is 24.3 Å². The topological polar surface area (TPSA) is 56.0 Å². The van der Waals surface area contributed by atoms with Crippen LogP contribution in [0.4, 0.5) is 5.69 Å². The Hall–Kier alpha value is -1.97. The molecule has 0 atom stereocenters. The molecular weight excluding hydrogens is 192 g/mol. The van der Waals surface area contributed by atoms with Crippen LogP contribution in [0.5, 0.6) is 0 Å². The number of non-ortho nitro benzene ring substituents is 1. The molecule has 4 heteroatoms. The van der Waals surface area contributed by atoms with Gasteiger partial charge in [-0.1, -0.05) is 0 Å². The van der Waals surface area contributed by atoms with Gasteiger partial charge in [0.05, 0.1) is 10.4 Å². The van der Waals surface area contributed by atoms with Crippen LogP contribution in [-0.2, 0) is 0 Å². The Morgan fingerprint density at radius 2 is 2.00 bits per heavy atom. The SMILES string of the molecule is Cc1cc2cc([N+](=O)[O-])ccc2nc1C. The van der Waals surface area contributed by atoms with E-state index in [0.29, 0.717) is 0 Å². The molecule has 0 saturated carbocycles. The monoisotopic (exact) mass is 202 g/mol. The molecule has 0 aliphatic heterocycles. The lowest BCUT2D eigenvalue weighted by Gasteiger charge is -2.02. The highest BCUT2D eigenvalue weighted by molar-refractivity contribution is 5.81. The first-order valence-electron chi connectivity index (χ1n) is 4.60. The molecule has 2 aromatic rings. The van der Waals surface area contributed by atoms with E-state index in [1.807, 2.05) is 19.9 Å². The van der Waals surface area contributed by atoms with Gasteiger partial charge in [-0.15, -0.1) is 0 Å². The van der Waals surface area contributed by atoms with Crippen LogP contribution in [0.2, 0.25) is 0 Å². The van der Waals surface area contributed by atoms with Gasteiger partial charge in [0, 0.05) is 23.2 Å². The number of nitrogens with zero attached hydrogens (tertiary/aromatic N) is 2. The smallest absolute Gasteiger partial charge is 0.258 e. The molecule has 0 spiro atoms. The number of pyridine rings is 1. The van der Waals surface area contributed by atoms with E-state index in [9.17, 15) is 10.1 Å². The summed E-state index contributed by atoms with van der Waals surface area (Å²) in [5, 5.41) is 11.4. The van der Waals surface area contributed by atoms with Crippen LogP contribution in [0.25, 0.3) is 10.9 Å². The molecule has 1 heterocycles. The number of nitro groups is 1. The minimum Gasteiger partial charge on any atom is -0.258 e. The van der Waals surface area contributed by atoms with Crippen molar-refractivity contribution in [2.75, 3.05) is 0 Å². The zero-order chi connectivity index (χ0) is 11.0. The number of fused-ring (bicyclic) bond motifs is 1. The maximum atomic E-state index is 10.6. The van der Waals surface area contributed by atoms with Crippen LogP contribution in [0.3, 0.4) is 0 Å². The second-order valence-corrected chi connectivity index (χ2v) is 3.52. The summed E-state index contributed by atoms with van der Waals surface area (Å²) in [5.41, 5.74) is 2.90. The molecule has 0 aliphatic rings. The highest BCUT2D eigenvalue weighted by Crippen LogP contribution is 2.21. The lowest BCUT2D eigenvalue weighted by atomic mass is 10.1. The van der Waals surface area contributed by atoms with E-state index in [-0.39, 0.29) is 5.69 Å². The molecule has 2 rings (SSSR count). The molecule has 0 radical (unpaired) electrons. The summed E-state index contributed by atoms with van der Waals surface area (Å²) in [4.78, 5) is 14.5. The van der Waals surface area contributed by atoms with Gasteiger partial charge in [-0.25, -0.2) is 0 Å². The number of hydrogen-bond acceptors (Lipinski definition) is 3. The van der Waals surface area contributed by atoms with E-state index >= 15 is 0 Å². The van der Waals surface area contributed by atoms with Crippen molar-refractivity contribution in [3.8, 4) is 0 Å². The van der Waals surface area contributed by atoms with E-state index < -0.39 is 4.92 Å². The zero-order valence-corrected chi connectivity index (χ0v) is 8.52. The average Bonchev–Trinajstić information content (AvgIpc) is 2.19. The Bertz CT molecular complexity index is 550. The summed E-state index contributed by atoms with van der Waals surface area (Å²) in [6.07, 6.45) is 0. The van der Waals surface area contributed by atoms with Crippen LogP contribution in [0.1, 0.15) is 11.3 Å². The van der Waals surface area contributed by atoms with Gasteiger partial charge in [0.15, 0.2) is 0 Å². The fraction of sp³-hybridized carbons (Fsp3) is 0.182. The lowest BCUT2D eigenvalue weighted by Crippen LogP contribution is -1.91. The molecule has 76 valence electrons. The fourth-order valence-corrected chi connectivity index (χ4v) is 1.48. The molecular formula is C11H10N2O2. The van der Waals surface area contributed by atoms with Crippen molar-refractivity contribution < 1.29 is 4.92 Å². The third-order valence-electron chi connectivity index (χ3n) is 2.45. The van der Waals surface area contributed by atoms with Gasteiger partial charge in [0.1, 0.15) is 0 Å². The van der Waals surface area contributed by atoms with Crippen LogP contribution in [0, 0.1) is 24.0 Å². The van der Waals surface area contributed by atoms with Gasteiger partial charge in [-0.2, -0.15) is 0 Å². The largest absolute Gasteiger partial charge is 0.270 e. The number of aromatic nitrogens is 1. The van der Waals surface area contributed by atoms with Crippen LogP contribution >= 0.6 is 0 Å². The highest BCUT2D eigenvalue weighted by atomic mass is 16.6. The van der Waals surface area contributed by atoms with Crippen molar-refractivity contribution in [2.45, 2.75) is 13.8 Å². The Kier molecular flexibility index (Phi) is 2.11. The predicted octanol–water partition coefficient (Wildman–Crippen LogP) is 2.76. The minimum atomic E-state index is -0.394. The van der Waals surface area contributed by atoms with E-state index in [1.165, 1.54) is 6.07 Å². The molecule has 15 heavy (non-hydrogen) atoms. The maximum absolute atomic E-state index is 10.6. The Labute approximate surface area is 86.7 Å². The maximum Gasteiger partial charge on any atom is 0.270 e. The first kappa shape index (κ1) is 9.58. The van der Waals surface area contributed by atoms with E-state index in [0.717, 1.165) is 22.2 Å². The molecule has 1 aromatic carbocycles. The van der Waals surface area contributed by atoms with Crippen LogP contribution < -0.4 is 0 Å². The number of aryl methyl sites for hydroxylation is 2. The van der Waals surface area contributed by atoms with Crippen molar-refractivity contribution >= 4 is 16.6 Å². The van der Waals surface area contributed by atoms with Gasteiger partial charge < -0.3 is 0 Å². The summed E-state index contributed by atoms with van der Waals surface area (Å²) in [6.45, 7) is 3.87. The Balaban J connectivity index is 2.72. The molecule has 0 unspecified atom stereocenters. The number of rotatable bonds is 1. The normalized spacial score (nSPS) is 10.5. The molecule has 0 bridgehead atoms. The van der Waals surface area contributed by atoms with E-state index in [1.54, 1.807) is 12.1 Å². The van der Waals surface area contributed by atoms with Crippen molar-refractivity contribution in [3.05, 3.63) is 45.6 Å². The molecule has 0 saturated heterocycles. The Morgan fingerprint density at radius 3 is 2.67 bits per heavy atom. The molecule has 0 N–H and O–H groups in total. The van der Waals surface area contributed by atoms with Crippen molar-refractivity contribution in [3.63, 3.8) is 0 Å². The van der Waals surface area contributed by atoms with Crippen molar-refractivity contribution in [1.29, 1.82) is 0 Å². The minimum absolute atomic E-state index is 0.104. The molecule has 0 amide bonds. The second kappa shape index (κ2) is 3.31. The average molecular weight is 202 g/mol. The zero-order valence-electron chi connectivity index (χ0n) is 8.52. The first-order chi connectivity index (χ1) is 7.08. The van der Waals surface area contributed by atoms with Crippen molar-refractivity contribution in [1.82, 2.24) is 4.98 Å². The second-order valence-electron chi connectivity index (χ2n) is 3.52. The molecule has 0 fully saturated rings. The summed E-state index contributed by atoms with van der Waals surface area (Å²) in [5.74, 6) is 0. The Morgan fingerprint density at radius 1 is 1.27 bits per heavy atom. The lowest BCUT2D eigenvalue weighted by molar-refractivity contribution is -0.384. The van der Waals surface area contributed by atoms with Gasteiger partial charge in [0.25, 0.3) is 5.69 Å². The summed E-state index contributed by atoms with van der Waals surface area (Å²) in [7, 11) is 0. The van der Waals surface area contributed by atoms with Gasteiger partial charge >= 0.3 is 0 Å². The molecule has 4 nitrogen and oxygen atoms in total. The quantitative estimate of drug-likeness (QED) is 0.527. The molecule has 1 aromatic heterocycles. The van der Waals surface area contributed by atoms with E-state index in [4.69, 9.17) is 0 Å². The number of hydrogen-bond donors (Lipinski definition) is 0.